The van der Waals surface area contributed by atoms with E-state index in [4.69, 9.17) is 20.3 Å². The van der Waals surface area contributed by atoms with Crippen LogP contribution >= 0.6 is 46.8 Å². The molecule has 0 radical (unpaired) electrons. The lowest BCUT2D eigenvalue weighted by Gasteiger charge is -2.26. The van der Waals surface area contributed by atoms with Crippen molar-refractivity contribution in [3.63, 3.8) is 0 Å². The smallest absolute Gasteiger partial charge is 0.362 e. The summed E-state index contributed by atoms with van der Waals surface area (Å²) >= 11 is 5.14. The van der Waals surface area contributed by atoms with Crippen LogP contribution in [0.25, 0.3) is 11.2 Å². The Morgan fingerprint density at radius 2 is 1.92 bits per heavy atom. The molecule has 0 aliphatic rings. The van der Waals surface area contributed by atoms with Gasteiger partial charge in [0.2, 0.25) is 0 Å². The largest absolute Gasteiger partial charge is 0.382 e. The van der Waals surface area contributed by atoms with Gasteiger partial charge in [0.15, 0.2) is 11.5 Å². The number of nitrogen functional groups attached to an aromatic ring is 1. The van der Waals surface area contributed by atoms with Crippen molar-refractivity contribution in [1.29, 1.82) is 0 Å². The number of hydrogen-bond acceptors (Lipinski definition) is 7. The molecule has 0 saturated carbocycles. The highest BCUT2D eigenvalue weighted by molar-refractivity contribution is 9.29. The van der Waals surface area contributed by atoms with Crippen molar-refractivity contribution in [1.82, 2.24) is 19.5 Å². The third-order valence-corrected chi connectivity index (χ3v) is 12.8. The van der Waals surface area contributed by atoms with Crippen LogP contribution in [-0.4, -0.2) is 49.9 Å². The van der Waals surface area contributed by atoms with Crippen molar-refractivity contribution >= 4 is 63.8 Å². The number of anilines is 1. The first-order valence-corrected chi connectivity index (χ1v) is 11.3. The fourth-order valence-electron chi connectivity index (χ4n) is 1.69. The molecule has 134 valence electrons. The molecule has 0 bridgehead atoms. The number of aromatic nitrogens is 4. The highest BCUT2D eigenvalue weighted by Gasteiger charge is 2.57. The summed E-state index contributed by atoms with van der Waals surface area (Å²) in [4.78, 5) is 40.0. The maximum atomic E-state index is 12.1. The molecule has 0 fully saturated rings. The Kier molecular flexibility index (Phi) is 5.88. The molecule has 2 aromatic heterocycles. The molecule has 2 heterocycles. The molecule has 0 amide bonds. The normalized spacial score (nSPS) is 15.5. The Hall–Kier alpha value is -0.390. The summed E-state index contributed by atoms with van der Waals surface area (Å²) in [6.07, 6.45) is 1.98. The Morgan fingerprint density at radius 1 is 1.25 bits per heavy atom. The number of nitrogens with two attached hydrogens (primary N) is 1. The third kappa shape index (κ3) is 3.88. The molecular formula is C9H13Br2N5O6P2. The first kappa shape index (κ1) is 19.9. The lowest BCUT2D eigenvalue weighted by molar-refractivity contribution is 0.159. The van der Waals surface area contributed by atoms with Gasteiger partial charge in [0.25, 0.3) is 10.1 Å². The van der Waals surface area contributed by atoms with Gasteiger partial charge in [0.05, 0.1) is 12.9 Å². The van der Waals surface area contributed by atoms with Crippen LogP contribution in [-0.2, 0) is 20.4 Å². The van der Waals surface area contributed by atoms with E-state index < -0.39 is 24.0 Å². The Balaban J connectivity index is 1.99. The van der Waals surface area contributed by atoms with Crippen LogP contribution in [0.4, 0.5) is 5.82 Å². The Bertz CT molecular complexity index is 839. The van der Waals surface area contributed by atoms with E-state index in [1.807, 2.05) is 0 Å². The molecule has 2 aromatic rings. The van der Waals surface area contributed by atoms with E-state index in [2.05, 4.69) is 46.8 Å². The average molecular weight is 509 g/mol. The first-order chi connectivity index (χ1) is 11.0. The van der Waals surface area contributed by atoms with Crippen LogP contribution in [0.15, 0.2) is 12.7 Å². The van der Waals surface area contributed by atoms with Crippen LogP contribution in [0.2, 0.25) is 0 Å². The number of fused-ring (bicyclic) bond motifs is 1. The van der Waals surface area contributed by atoms with Gasteiger partial charge in [-0.1, -0.05) is 0 Å². The molecule has 1 atom stereocenters. The van der Waals surface area contributed by atoms with Crippen molar-refractivity contribution in [3.8, 4) is 0 Å². The summed E-state index contributed by atoms with van der Waals surface area (Å²) in [6, 6.07) is 0. The van der Waals surface area contributed by atoms with Crippen molar-refractivity contribution in [3.05, 3.63) is 12.7 Å². The van der Waals surface area contributed by atoms with E-state index in [-0.39, 0.29) is 19.0 Å². The van der Waals surface area contributed by atoms with Crippen LogP contribution in [0, 0.1) is 0 Å². The minimum Gasteiger partial charge on any atom is -0.382 e. The topological polar surface area (TPSA) is 174 Å². The zero-order valence-electron chi connectivity index (χ0n) is 11.9. The van der Waals surface area contributed by atoms with Crippen molar-refractivity contribution < 1.29 is 28.5 Å². The van der Waals surface area contributed by atoms with Gasteiger partial charge in [0.1, 0.15) is 18.2 Å². The van der Waals surface area contributed by atoms with Crippen molar-refractivity contribution in [2.45, 2.75) is 9.26 Å². The maximum Gasteiger partial charge on any atom is 0.362 e. The molecular weight excluding hydrogens is 496 g/mol. The van der Waals surface area contributed by atoms with Crippen LogP contribution in [0.1, 0.15) is 0 Å². The zero-order valence-corrected chi connectivity index (χ0v) is 16.8. The van der Waals surface area contributed by atoms with E-state index in [0.29, 0.717) is 11.2 Å². The summed E-state index contributed by atoms with van der Waals surface area (Å²) in [5.41, 5.74) is 6.56. The molecule has 0 spiro atoms. The second-order valence-corrected chi connectivity index (χ2v) is 15.0. The predicted molar refractivity (Wildman–Crippen MR) is 93.0 cm³/mol. The van der Waals surface area contributed by atoms with Gasteiger partial charge in [-0.3, -0.25) is 9.13 Å². The summed E-state index contributed by atoms with van der Waals surface area (Å²) in [7, 11) is -9.33. The SMILES string of the molecule is Nc1ncnc2c1ncn2CCOCP(=O)(O)C(Br)(Br)P(=O)(O)O. The molecule has 24 heavy (non-hydrogen) atoms. The Labute approximate surface area is 152 Å². The van der Waals surface area contributed by atoms with E-state index in [1.165, 1.54) is 12.7 Å². The van der Waals surface area contributed by atoms with Crippen molar-refractivity contribution in [2.75, 3.05) is 18.7 Å². The number of alkyl halides is 2. The maximum absolute atomic E-state index is 12.1. The molecule has 2 rings (SSSR count). The second kappa shape index (κ2) is 7.08. The van der Waals surface area contributed by atoms with Gasteiger partial charge in [-0.15, -0.1) is 0 Å². The van der Waals surface area contributed by atoms with E-state index in [0.717, 1.165) is 0 Å². The Morgan fingerprint density at radius 3 is 2.54 bits per heavy atom. The first-order valence-electron chi connectivity index (χ1n) is 6.22. The van der Waals surface area contributed by atoms with Gasteiger partial charge in [-0.2, -0.15) is 0 Å². The lowest BCUT2D eigenvalue weighted by atomic mass is 10.5. The number of imidazole rings is 1. The second-order valence-electron chi connectivity index (χ2n) is 4.66. The lowest BCUT2D eigenvalue weighted by Crippen LogP contribution is -2.17. The summed E-state index contributed by atoms with van der Waals surface area (Å²) in [5, 5.41) is 0. The molecule has 0 aliphatic heterocycles. The molecule has 5 N–H and O–H groups in total. The van der Waals surface area contributed by atoms with Crippen LogP contribution in [0.3, 0.4) is 0 Å². The average Bonchev–Trinajstić information content (AvgIpc) is 2.87. The highest BCUT2D eigenvalue weighted by Crippen LogP contribution is 2.77. The van der Waals surface area contributed by atoms with Crippen LogP contribution < -0.4 is 5.73 Å². The minimum atomic E-state index is -4.93. The summed E-state index contributed by atoms with van der Waals surface area (Å²) < 4.78 is 27.6. The number of hydrogen-bond donors (Lipinski definition) is 4. The van der Waals surface area contributed by atoms with E-state index >= 15 is 0 Å². The quantitative estimate of drug-likeness (QED) is 0.242. The van der Waals surface area contributed by atoms with Gasteiger partial charge in [-0.05, 0) is 31.9 Å². The molecule has 0 aromatic carbocycles. The van der Waals surface area contributed by atoms with Gasteiger partial charge in [-0.25, -0.2) is 15.0 Å². The minimum absolute atomic E-state index is 0.0167. The van der Waals surface area contributed by atoms with E-state index in [9.17, 15) is 14.0 Å². The number of nitrogens with zero attached hydrogens (tertiary/aromatic N) is 4. The standard InChI is InChI=1S/C9H13Br2N5O6P2/c10-9(11,24(19,20)21)23(17,18)5-22-2-1-16-4-15-6-7(12)13-3-14-8(6)16/h3-4H,1-2,5H2,(H,17,18)(H2,12,13,14)(H2,19,20,21). The van der Waals surface area contributed by atoms with Crippen molar-refractivity contribution in [2.24, 2.45) is 0 Å². The number of ether oxygens (including phenoxy) is 1. The molecule has 15 heteroatoms. The molecule has 0 aliphatic carbocycles. The zero-order chi connectivity index (χ0) is 18.2. The molecule has 11 nitrogen and oxygen atoms in total. The fraction of sp³-hybridized carbons (Fsp3) is 0.444. The summed E-state index contributed by atoms with van der Waals surface area (Å²) in [6.45, 7) is 0.220. The van der Waals surface area contributed by atoms with Crippen LogP contribution in [0.5, 0.6) is 0 Å². The number of rotatable bonds is 7. The predicted octanol–water partition coefficient (Wildman–Crippen LogP) is 1.23. The highest BCUT2D eigenvalue weighted by atomic mass is 79.9. The van der Waals surface area contributed by atoms with Gasteiger partial charge >= 0.3 is 7.60 Å². The summed E-state index contributed by atoms with van der Waals surface area (Å²) in [5.74, 6) is 0.226. The number of halogens is 2. The van der Waals surface area contributed by atoms with Gasteiger partial charge in [0, 0.05) is 6.54 Å². The van der Waals surface area contributed by atoms with Gasteiger partial charge < -0.3 is 29.7 Å². The fourth-order valence-corrected chi connectivity index (χ4v) is 4.64. The van der Waals surface area contributed by atoms with E-state index in [1.54, 1.807) is 4.57 Å². The monoisotopic (exact) mass is 507 g/mol. The molecule has 1 unspecified atom stereocenters. The third-order valence-electron chi connectivity index (χ3n) is 2.94. The molecule has 0 saturated heterocycles.